The van der Waals surface area contributed by atoms with Crippen molar-refractivity contribution < 1.29 is 4.79 Å². The van der Waals surface area contributed by atoms with Crippen LogP contribution in [-0.4, -0.2) is 11.7 Å². The Balaban J connectivity index is 2.50. The lowest BCUT2D eigenvalue weighted by molar-refractivity contribution is 0.249. The van der Waals surface area contributed by atoms with Crippen molar-refractivity contribution in [3.8, 4) is 0 Å². The standard InChI is InChI=1S/C14H14N4O/c15-12-9-5-4-8-11(12)13(17-18-14(16)19)10-6-2-1-3-7-10/h1-9H,15H2,(H3,16,18,19). The van der Waals surface area contributed by atoms with Crippen LogP contribution in [0.3, 0.4) is 0 Å². The fraction of sp³-hybridized carbons (Fsp3) is 0. The molecule has 0 aliphatic heterocycles. The normalized spacial score (nSPS) is 11.1. The van der Waals surface area contributed by atoms with Crippen LogP contribution < -0.4 is 16.9 Å². The lowest BCUT2D eigenvalue weighted by atomic mass is 10.0. The number of carbonyl (C=O) groups excluding carboxylic acids is 1. The van der Waals surface area contributed by atoms with Crippen LogP contribution in [0.4, 0.5) is 10.5 Å². The molecule has 0 heterocycles. The third kappa shape index (κ3) is 3.10. The molecule has 0 spiro atoms. The number of hydrogen-bond donors (Lipinski definition) is 3. The third-order valence-corrected chi connectivity index (χ3v) is 2.54. The summed E-state index contributed by atoms with van der Waals surface area (Å²) >= 11 is 0. The van der Waals surface area contributed by atoms with Crippen molar-refractivity contribution in [2.45, 2.75) is 0 Å². The zero-order valence-electron chi connectivity index (χ0n) is 10.2. The van der Waals surface area contributed by atoms with Gasteiger partial charge in [0.1, 0.15) is 0 Å². The maximum atomic E-state index is 10.8. The van der Waals surface area contributed by atoms with Gasteiger partial charge in [0.15, 0.2) is 0 Å². The number of hydrogen-bond acceptors (Lipinski definition) is 3. The topological polar surface area (TPSA) is 93.5 Å². The molecular formula is C14H14N4O. The lowest BCUT2D eigenvalue weighted by Gasteiger charge is -2.09. The van der Waals surface area contributed by atoms with Crippen molar-refractivity contribution in [2.24, 2.45) is 10.8 Å². The Kier molecular flexibility index (Phi) is 3.78. The van der Waals surface area contributed by atoms with Crippen molar-refractivity contribution >= 4 is 17.4 Å². The summed E-state index contributed by atoms with van der Waals surface area (Å²) in [5.41, 5.74) is 16.0. The Hall–Kier alpha value is -2.82. The van der Waals surface area contributed by atoms with Gasteiger partial charge in [-0.25, -0.2) is 10.2 Å². The second-order valence-corrected chi connectivity index (χ2v) is 3.89. The van der Waals surface area contributed by atoms with E-state index in [2.05, 4.69) is 10.5 Å². The van der Waals surface area contributed by atoms with E-state index in [1.54, 1.807) is 6.07 Å². The fourth-order valence-electron chi connectivity index (χ4n) is 1.70. The number of rotatable bonds is 3. The summed E-state index contributed by atoms with van der Waals surface area (Å²) in [6.07, 6.45) is 0. The van der Waals surface area contributed by atoms with Gasteiger partial charge in [0.05, 0.1) is 5.71 Å². The van der Waals surface area contributed by atoms with Crippen LogP contribution in [0.25, 0.3) is 0 Å². The molecule has 2 rings (SSSR count). The molecule has 0 saturated carbocycles. The van der Waals surface area contributed by atoms with Gasteiger partial charge in [-0.05, 0) is 6.07 Å². The highest BCUT2D eigenvalue weighted by Crippen LogP contribution is 2.16. The molecule has 0 radical (unpaired) electrons. The molecule has 5 heteroatoms. The first-order valence-corrected chi connectivity index (χ1v) is 5.72. The highest BCUT2D eigenvalue weighted by Gasteiger charge is 2.10. The molecule has 96 valence electrons. The molecule has 0 aliphatic rings. The highest BCUT2D eigenvalue weighted by atomic mass is 16.2. The summed E-state index contributed by atoms with van der Waals surface area (Å²) in [4.78, 5) is 10.8. The predicted molar refractivity (Wildman–Crippen MR) is 75.7 cm³/mol. The number of para-hydroxylation sites is 1. The van der Waals surface area contributed by atoms with Crippen molar-refractivity contribution in [2.75, 3.05) is 5.73 Å². The molecule has 0 aromatic heterocycles. The van der Waals surface area contributed by atoms with Gasteiger partial charge in [-0.1, -0.05) is 48.5 Å². The fourth-order valence-corrected chi connectivity index (χ4v) is 1.70. The molecule has 0 aliphatic carbocycles. The summed E-state index contributed by atoms with van der Waals surface area (Å²) < 4.78 is 0. The number of carbonyl (C=O) groups is 1. The van der Waals surface area contributed by atoms with Crippen LogP contribution in [-0.2, 0) is 0 Å². The monoisotopic (exact) mass is 254 g/mol. The molecular weight excluding hydrogens is 240 g/mol. The van der Waals surface area contributed by atoms with E-state index >= 15 is 0 Å². The van der Waals surface area contributed by atoms with E-state index in [0.29, 0.717) is 11.4 Å². The average Bonchev–Trinajstić information content (AvgIpc) is 2.42. The molecule has 5 N–H and O–H groups in total. The van der Waals surface area contributed by atoms with E-state index in [1.807, 2.05) is 48.5 Å². The number of nitrogens with one attached hydrogen (secondary N) is 1. The minimum absolute atomic E-state index is 0.567. The Bertz CT molecular complexity index is 608. The van der Waals surface area contributed by atoms with Gasteiger partial charge in [0.2, 0.25) is 0 Å². The van der Waals surface area contributed by atoms with Crippen LogP contribution >= 0.6 is 0 Å². The largest absolute Gasteiger partial charge is 0.398 e. The summed E-state index contributed by atoms with van der Waals surface area (Å²) in [5, 5.41) is 4.04. The van der Waals surface area contributed by atoms with Crippen molar-refractivity contribution in [3.63, 3.8) is 0 Å². The zero-order valence-corrected chi connectivity index (χ0v) is 10.2. The lowest BCUT2D eigenvalue weighted by Crippen LogP contribution is -2.26. The van der Waals surface area contributed by atoms with Gasteiger partial charge in [-0.15, -0.1) is 0 Å². The van der Waals surface area contributed by atoms with E-state index in [9.17, 15) is 4.79 Å². The van der Waals surface area contributed by atoms with Crippen LogP contribution in [0.5, 0.6) is 0 Å². The van der Waals surface area contributed by atoms with Gasteiger partial charge in [0.25, 0.3) is 0 Å². The number of nitrogens with zero attached hydrogens (tertiary/aromatic N) is 1. The second kappa shape index (κ2) is 5.68. The van der Waals surface area contributed by atoms with Gasteiger partial charge in [-0.3, -0.25) is 0 Å². The minimum atomic E-state index is -0.720. The molecule has 2 amide bonds. The molecule has 0 atom stereocenters. The molecule has 0 unspecified atom stereocenters. The first-order chi connectivity index (χ1) is 9.18. The molecule has 2 aromatic rings. The Morgan fingerprint density at radius 2 is 1.63 bits per heavy atom. The molecule has 5 nitrogen and oxygen atoms in total. The summed E-state index contributed by atoms with van der Waals surface area (Å²) in [6, 6.07) is 16.0. The number of amides is 2. The van der Waals surface area contributed by atoms with E-state index in [0.717, 1.165) is 11.1 Å². The minimum Gasteiger partial charge on any atom is -0.398 e. The van der Waals surface area contributed by atoms with Crippen molar-refractivity contribution in [3.05, 3.63) is 65.7 Å². The van der Waals surface area contributed by atoms with Crippen molar-refractivity contribution in [1.29, 1.82) is 0 Å². The number of anilines is 1. The van der Waals surface area contributed by atoms with E-state index in [1.165, 1.54) is 0 Å². The van der Waals surface area contributed by atoms with Gasteiger partial charge in [-0.2, -0.15) is 5.10 Å². The van der Waals surface area contributed by atoms with E-state index in [4.69, 9.17) is 11.5 Å². The number of nitrogen functional groups attached to an aromatic ring is 1. The van der Waals surface area contributed by atoms with Gasteiger partial charge in [0, 0.05) is 16.8 Å². The van der Waals surface area contributed by atoms with Crippen LogP contribution in [0, 0.1) is 0 Å². The van der Waals surface area contributed by atoms with Crippen LogP contribution in [0.15, 0.2) is 59.7 Å². The Labute approximate surface area is 110 Å². The van der Waals surface area contributed by atoms with Gasteiger partial charge < -0.3 is 11.5 Å². The number of primary amides is 1. The van der Waals surface area contributed by atoms with Gasteiger partial charge >= 0.3 is 6.03 Å². The number of hydrazone groups is 1. The molecule has 19 heavy (non-hydrogen) atoms. The number of nitrogens with two attached hydrogens (primary N) is 2. The third-order valence-electron chi connectivity index (χ3n) is 2.54. The highest BCUT2D eigenvalue weighted by molar-refractivity contribution is 6.15. The second-order valence-electron chi connectivity index (χ2n) is 3.89. The Morgan fingerprint density at radius 1 is 1.00 bits per heavy atom. The van der Waals surface area contributed by atoms with Crippen molar-refractivity contribution in [1.82, 2.24) is 5.43 Å². The first kappa shape index (κ1) is 12.6. The van der Waals surface area contributed by atoms with E-state index in [-0.39, 0.29) is 0 Å². The predicted octanol–water partition coefficient (Wildman–Crippen LogP) is 1.69. The summed E-state index contributed by atoms with van der Waals surface area (Å²) in [6.45, 7) is 0. The number of urea groups is 1. The summed E-state index contributed by atoms with van der Waals surface area (Å²) in [7, 11) is 0. The van der Waals surface area contributed by atoms with E-state index < -0.39 is 6.03 Å². The average molecular weight is 254 g/mol. The number of benzene rings is 2. The molecule has 0 saturated heterocycles. The summed E-state index contributed by atoms with van der Waals surface area (Å²) in [5.74, 6) is 0. The maximum Gasteiger partial charge on any atom is 0.332 e. The maximum absolute atomic E-state index is 10.8. The quantitative estimate of drug-likeness (QED) is 0.441. The smallest absolute Gasteiger partial charge is 0.332 e. The Morgan fingerprint density at radius 3 is 2.26 bits per heavy atom. The first-order valence-electron chi connectivity index (χ1n) is 5.72. The van der Waals surface area contributed by atoms with Crippen LogP contribution in [0.1, 0.15) is 11.1 Å². The molecule has 0 fully saturated rings. The SMILES string of the molecule is NC(=O)NN=C(c1ccccc1)c1ccccc1N. The molecule has 2 aromatic carbocycles. The zero-order chi connectivity index (χ0) is 13.7. The molecule has 0 bridgehead atoms. The van der Waals surface area contributed by atoms with Crippen LogP contribution in [0.2, 0.25) is 0 Å².